The second-order valence-corrected chi connectivity index (χ2v) is 6.14. The monoisotopic (exact) mass is 272 g/mol. The second kappa shape index (κ2) is 4.33. The van der Waals surface area contributed by atoms with Crippen molar-refractivity contribution in [3.63, 3.8) is 0 Å². The first kappa shape index (κ1) is 11.9. The summed E-state index contributed by atoms with van der Waals surface area (Å²) in [7, 11) is 3.97. The number of hydrogen-bond acceptors (Lipinski definition) is 4. The van der Waals surface area contributed by atoms with Crippen molar-refractivity contribution < 1.29 is 0 Å². The van der Waals surface area contributed by atoms with E-state index in [1.54, 1.807) is 4.68 Å². The molecule has 2 aliphatic rings. The average molecular weight is 272 g/mol. The molecule has 2 aromatic rings. The molecular weight excluding hydrogens is 252 g/mol. The van der Waals surface area contributed by atoms with Gasteiger partial charge in [-0.25, -0.2) is 0 Å². The summed E-state index contributed by atoms with van der Waals surface area (Å²) in [4.78, 5) is 2.40. The molecule has 20 heavy (non-hydrogen) atoms. The average Bonchev–Trinajstić information content (AvgIpc) is 3.11. The van der Waals surface area contributed by atoms with E-state index in [0.717, 1.165) is 42.3 Å². The Balaban J connectivity index is 1.62. The smallest absolute Gasteiger partial charge is 0.227 e. The van der Waals surface area contributed by atoms with Crippen LogP contribution in [0, 0.1) is 11.8 Å². The lowest BCUT2D eigenvalue weighted by atomic mass is 10.0. The zero-order valence-corrected chi connectivity index (χ0v) is 12.0. The molecule has 0 N–H and O–H groups in total. The van der Waals surface area contributed by atoms with Crippen LogP contribution in [-0.2, 0) is 14.1 Å². The third-order valence-corrected chi connectivity index (χ3v) is 4.82. The van der Waals surface area contributed by atoms with Crippen LogP contribution < -0.4 is 4.90 Å². The Hall–Kier alpha value is -1.85. The van der Waals surface area contributed by atoms with E-state index >= 15 is 0 Å². The summed E-state index contributed by atoms with van der Waals surface area (Å²) >= 11 is 0. The number of rotatable bonds is 2. The Kier molecular flexibility index (Phi) is 2.58. The topological polar surface area (TPSA) is 51.8 Å². The second-order valence-electron chi connectivity index (χ2n) is 6.14. The van der Waals surface area contributed by atoms with Crippen LogP contribution in [0.25, 0.3) is 11.4 Å². The number of aryl methyl sites for hydroxylation is 1. The molecule has 0 aromatic carbocycles. The molecule has 1 saturated heterocycles. The SMILES string of the molecule is Cn1cc(-c2nnc(N3CC4CCCC4C3)n2C)cn1. The molecule has 1 aliphatic carbocycles. The van der Waals surface area contributed by atoms with Crippen LogP contribution in [0.2, 0.25) is 0 Å². The summed E-state index contributed by atoms with van der Waals surface area (Å²) in [5, 5.41) is 13.0. The number of hydrogen-bond donors (Lipinski definition) is 0. The summed E-state index contributed by atoms with van der Waals surface area (Å²) in [5.74, 6) is 3.63. The summed E-state index contributed by atoms with van der Waals surface area (Å²) in [6, 6.07) is 0. The highest BCUT2D eigenvalue weighted by Gasteiger charge is 2.37. The van der Waals surface area contributed by atoms with Gasteiger partial charge in [-0.15, -0.1) is 10.2 Å². The molecule has 0 bridgehead atoms. The molecule has 3 heterocycles. The van der Waals surface area contributed by atoms with Crippen LogP contribution in [0.5, 0.6) is 0 Å². The summed E-state index contributed by atoms with van der Waals surface area (Å²) < 4.78 is 3.89. The molecule has 1 saturated carbocycles. The Bertz CT molecular complexity index is 615. The third kappa shape index (κ3) is 1.74. The lowest BCUT2D eigenvalue weighted by Crippen LogP contribution is -2.24. The summed E-state index contributed by atoms with van der Waals surface area (Å²) in [6.07, 6.45) is 7.99. The molecule has 6 heteroatoms. The highest BCUT2D eigenvalue weighted by molar-refractivity contribution is 5.55. The van der Waals surface area contributed by atoms with Crippen LogP contribution in [0.4, 0.5) is 5.95 Å². The molecule has 4 rings (SSSR count). The van der Waals surface area contributed by atoms with Gasteiger partial charge < -0.3 is 4.90 Å². The Morgan fingerprint density at radius 2 is 1.85 bits per heavy atom. The standard InChI is InChI=1S/C14H20N6/c1-18-7-12(6-15-18)13-16-17-14(19(13)2)20-8-10-4-3-5-11(10)9-20/h6-7,10-11H,3-5,8-9H2,1-2H3. The van der Waals surface area contributed by atoms with Crippen molar-refractivity contribution in [1.82, 2.24) is 24.5 Å². The van der Waals surface area contributed by atoms with Crippen molar-refractivity contribution in [2.75, 3.05) is 18.0 Å². The van der Waals surface area contributed by atoms with Crippen molar-refractivity contribution in [3.8, 4) is 11.4 Å². The normalized spacial score (nSPS) is 25.4. The summed E-state index contributed by atoms with van der Waals surface area (Å²) in [5.41, 5.74) is 1.02. The van der Waals surface area contributed by atoms with Gasteiger partial charge in [0.15, 0.2) is 5.82 Å². The predicted molar refractivity (Wildman–Crippen MR) is 76.2 cm³/mol. The zero-order chi connectivity index (χ0) is 13.7. The van der Waals surface area contributed by atoms with Crippen LogP contribution in [-0.4, -0.2) is 37.6 Å². The van der Waals surface area contributed by atoms with E-state index in [-0.39, 0.29) is 0 Å². The number of anilines is 1. The largest absolute Gasteiger partial charge is 0.340 e. The van der Waals surface area contributed by atoms with E-state index in [2.05, 4.69) is 24.8 Å². The van der Waals surface area contributed by atoms with Crippen molar-refractivity contribution in [2.45, 2.75) is 19.3 Å². The van der Waals surface area contributed by atoms with Gasteiger partial charge in [-0.1, -0.05) is 6.42 Å². The Labute approximate surface area is 118 Å². The lowest BCUT2D eigenvalue weighted by Gasteiger charge is -2.17. The Morgan fingerprint density at radius 3 is 2.50 bits per heavy atom. The van der Waals surface area contributed by atoms with E-state index in [4.69, 9.17) is 0 Å². The molecule has 6 nitrogen and oxygen atoms in total. The molecule has 2 aromatic heterocycles. The zero-order valence-electron chi connectivity index (χ0n) is 12.0. The Morgan fingerprint density at radius 1 is 1.10 bits per heavy atom. The molecule has 1 aliphatic heterocycles. The molecule has 2 fully saturated rings. The number of fused-ring (bicyclic) bond motifs is 1. The maximum atomic E-state index is 4.41. The van der Waals surface area contributed by atoms with Crippen LogP contribution in [0.1, 0.15) is 19.3 Å². The number of aromatic nitrogens is 5. The summed E-state index contributed by atoms with van der Waals surface area (Å²) in [6.45, 7) is 2.29. The molecule has 2 unspecified atom stereocenters. The van der Waals surface area contributed by atoms with Gasteiger partial charge in [0.25, 0.3) is 0 Å². The van der Waals surface area contributed by atoms with Gasteiger partial charge in [0.05, 0.1) is 11.8 Å². The van der Waals surface area contributed by atoms with Gasteiger partial charge >= 0.3 is 0 Å². The van der Waals surface area contributed by atoms with E-state index < -0.39 is 0 Å². The molecule has 0 amide bonds. The van der Waals surface area contributed by atoms with Gasteiger partial charge in [-0.3, -0.25) is 9.25 Å². The predicted octanol–water partition coefficient (Wildman–Crippen LogP) is 1.45. The van der Waals surface area contributed by atoms with E-state index in [1.807, 2.05) is 26.5 Å². The van der Waals surface area contributed by atoms with Crippen LogP contribution in [0.3, 0.4) is 0 Å². The van der Waals surface area contributed by atoms with Crippen molar-refractivity contribution >= 4 is 5.95 Å². The quantitative estimate of drug-likeness (QED) is 0.830. The number of nitrogens with zero attached hydrogens (tertiary/aromatic N) is 6. The molecule has 0 spiro atoms. The molecule has 106 valence electrons. The van der Waals surface area contributed by atoms with Gasteiger partial charge in [-0.2, -0.15) is 5.10 Å². The van der Waals surface area contributed by atoms with Gasteiger partial charge in [0.2, 0.25) is 5.95 Å². The minimum Gasteiger partial charge on any atom is -0.340 e. The first-order valence-corrected chi connectivity index (χ1v) is 7.35. The van der Waals surface area contributed by atoms with Gasteiger partial charge in [-0.05, 0) is 24.7 Å². The maximum Gasteiger partial charge on any atom is 0.227 e. The van der Waals surface area contributed by atoms with Crippen LogP contribution in [0.15, 0.2) is 12.4 Å². The minimum atomic E-state index is 0.869. The van der Waals surface area contributed by atoms with Crippen molar-refractivity contribution in [3.05, 3.63) is 12.4 Å². The maximum absolute atomic E-state index is 4.41. The van der Waals surface area contributed by atoms with Gasteiger partial charge in [0.1, 0.15) is 0 Å². The fourth-order valence-corrected chi connectivity index (χ4v) is 3.78. The lowest BCUT2D eigenvalue weighted by molar-refractivity contribution is 0.494. The molecule has 2 atom stereocenters. The highest BCUT2D eigenvalue weighted by atomic mass is 15.4. The first-order chi connectivity index (χ1) is 9.72. The van der Waals surface area contributed by atoms with E-state index in [9.17, 15) is 0 Å². The molecule has 0 radical (unpaired) electrons. The molecular formula is C14H20N6. The first-order valence-electron chi connectivity index (χ1n) is 7.35. The van der Waals surface area contributed by atoms with E-state index in [0.29, 0.717) is 0 Å². The fraction of sp³-hybridized carbons (Fsp3) is 0.643. The minimum absolute atomic E-state index is 0.869. The van der Waals surface area contributed by atoms with E-state index in [1.165, 1.54) is 19.3 Å². The highest BCUT2D eigenvalue weighted by Crippen LogP contribution is 2.39. The fourth-order valence-electron chi connectivity index (χ4n) is 3.78. The van der Waals surface area contributed by atoms with Crippen LogP contribution >= 0.6 is 0 Å². The van der Waals surface area contributed by atoms with Gasteiger partial charge in [0, 0.05) is 33.4 Å². The van der Waals surface area contributed by atoms with Crippen molar-refractivity contribution in [2.24, 2.45) is 25.9 Å². The van der Waals surface area contributed by atoms with Crippen molar-refractivity contribution in [1.29, 1.82) is 0 Å². The third-order valence-electron chi connectivity index (χ3n) is 4.82.